The first kappa shape index (κ1) is 14.8. The maximum absolute atomic E-state index is 6.26. The maximum atomic E-state index is 6.26. The van der Waals surface area contributed by atoms with E-state index in [-0.39, 0.29) is 6.04 Å². The molecule has 4 N–H and O–H groups in total. The Hall–Kier alpha value is -2.73. The van der Waals surface area contributed by atoms with Crippen LogP contribution in [0.25, 0.3) is 33.2 Å². The first-order valence-electron chi connectivity index (χ1n) is 8.15. The van der Waals surface area contributed by atoms with Gasteiger partial charge in [0.1, 0.15) is 5.82 Å². The fourth-order valence-electron chi connectivity index (χ4n) is 3.09. The van der Waals surface area contributed by atoms with Crippen LogP contribution in [0, 0.1) is 5.92 Å². The van der Waals surface area contributed by atoms with Crippen molar-refractivity contribution in [3.63, 3.8) is 0 Å². The number of nitrogens with one attached hydrogen (secondary N) is 2. The van der Waals surface area contributed by atoms with Crippen molar-refractivity contribution >= 4 is 22.1 Å². The molecule has 0 bridgehead atoms. The van der Waals surface area contributed by atoms with E-state index in [1.807, 2.05) is 12.1 Å². The van der Waals surface area contributed by atoms with E-state index in [2.05, 4.69) is 51.1 Å². The molecule has 0 aliphatic rings. The quantitative estimate of drug-likeness (QED) is 0.536. The van der Waals surface area contributed by atoms with E-state index in [0.717, 1.165) is 45.4 Å². The SMILES string of the molecule is CC(C)C[C@@H](N)c1nc2ccc(-c3ccnc4[nH]ncc34)cc2[nH]1. The van der Waals surface area contributed by atoms with Gasteiger partial charge in [0.2, 0.25) is 0 Å². The first-order chi connectivity index (χ1) is 11.6. The molecule has 1 aromatic carbocycles. The van der Waals surface area contributed by atoms with Gasteiger partial charge in [0.05, 0.1) is 23.3 Å². The lowest BCUT2D eigenvalue weighted by Crippen LogP contribution is -2.14. The molecule has 4 aromatic rings. The van der Waals surface area contributed by atoms with Gasteiger partial charge in [0, 0.05) is 11.6 Å². The summed E-state index contributed by atoms with van der Waals surface area (Å²) in [7, 11) is 0. The highest BCUT2D eigenvalue weighted by atomic mass is 15.1. The Morgan fingerprint density at radius 1 is 1.21 bits per heavy atom. The number of hydrogen-bond donors (Lipinski definition) is 3. The number of H-pyrrole nitrogens is 2. The number of hydrogen-bond acceptors (Lipinski definition) is 4. The van der Waals surface area contributed by atoms with Gasteiger partial charge in [-0.3, -0.25) is 5.10 Å². The number of fused-ring (bicyclic) bond motifs is 2. The van der Waals surface area contributed by atoms with E-state index in [4.69, 9.17) is 5.73 Å². The number of imidazole rings is 1. The minimum Gasteiger partial charge on any atom is -0.341 e. The highest BCUT2D eigenvalue weighted by Crippen LogP contribution is 2.29. The molecule has 3 aromatic heterocycles. The molecular weight excluding hydrogens is 300 g/mol. The summed E-state index contributed by atoms with van der Waals surface area (Å²) in [6.07, 6.45) is 4.50. The molecule has 0 saturated heterocycles. The predicted octanol–water partition coefficient (Wildman–Crippen LogP) is 3.55. The average Bonchev–Trinajstić information content (AvgIpc) is 3.19. The number of aromatic amines is 2. The Morgan fingerprint density at radius 2 is 2.08 bits per heavy atom. The molecule has 6 nitrogen and oxygen atoms in total. The van der Waals surface area contributed by atoms with Crippen molar-refractivity contribution in [1.82, 2.24) is 25.1 Å². The van der Waals surface area contributed by atoms with Crippen LogP contribution in [0.5, 0.6) is 0 Å². The van der Waals surface area contributed by atoms with E-state index in [1.165, 1.54) is 0 Å². The van der Waals surface area contributed by atoms with Gasteiger partial charge >= 0.3 is 0 Å². The summed E-state index contributed by atoms with van der Waals surface area (Å²) in [4.78, 5) is 12.3. The molecule has 1 atom stereocenters. The highest BCUT2D eigenvalue weighted by molar-refractivity contribution is 5.94. The van der Waals surface area contributed by atoms with Crippen LogP contribution in [-0.2, 0) is 0 Å². The summed E-state index contributed by atoms with van der Waals surface area (Å²) in [6, 6.07) is 8.14. The summed E-state index contributed by atoms with van der Waals surface area (Å²) in [5.74, 6) is 1.38. The van der Waals surface area contributed by atoms with Gasteiger partial charge in [-0.25, -0.2) is 9.97 Å². The summed E-state index contributed by atoms with van der Waals surface area (Å²) in [5, 5.41) is 7.99. The smallest absolute Gasteiger partial charge is 0.155 e. The zero-order valence-corrected chi connectivity index (χ0v) is 13.7. The second-order valence-electron chi connectivity index (χ2n) is 6.58. The zero-order chi connectivity index (χ0) is 16.7. The highest BCUT2D eigenvalue weighted by Gasteiger charge is 2.14. The second-order valence-corrected chi connectivity index (χ2v) is 6.58. The largest absolute Gasteiger partial charge is 0.341 e. The number of benzene rings is 1. The lowest BCUT2D eigenvalue weighted by molar-refractivity contribution is 0.496. The Bertz CT molecular complexity index is 997. The molecule has 122 valence electrons. The number of nitrogens with zero attached hydrogens (tertiary/aromatic N) is 3. The third kappa shape index (κ3) is 2.55. The molecule has 0 spiro atoms. The van der Waals surface area contributed by atoms with Crippen molar-refractivity contribution in [1.29, 1.82) is 0 Å². The van der Waals surface area contributed by atoms with Crippen molar-refractivity contribution < 1.29 is 0 Å². The van der Waals surface area contributed by atoms with Crippen LogP contribution >= 0.6 is 0 Å². The third-order valence-electron chi connectivity index (χ3n) is 4.24. The number of rotatable bonds is 4. The van der Waals surface area contributed by atoms with Crippen LogP contribution in [0.4, 0.5) is 0 Å². The van der Waals surface area contributed by atoms with E-state index in [0.29, 0.717) is 5.92 Å². The first-order valence-corrected chi connectivity index (χ1v) is 8.15. The molecule has 0 aliphatic carbocycles. The third-order valence-corrected chi connectivity index (χ3v) is 4.24. The predicted molar refractivity (Wildman–Crippen MR) is 95.4 cm³/mol. The van der Waals surface area contributed by atoms with Gasteiger partial charge in [-0.2, -0.15) is 5.10 Å². The van der Waals surface area contributed by atoms with Crippen LogP contribution in [-0.4, -0.2) is 25.1 Å². The van der Waals surface area contributed by atoms with Crippen LogP contribution in [0.15, 0.2) is 36.7 Å². The molecule has 4 rings (SSSR count). The average molecular weight is 320 g/mol. The molecule has 0 aliphatic heterocycles. The van der Waals surface area contributed by atoms with Crippen molar-refractivity contribution in [2.45, 2.75) is 26.3 Å². The molecule has 0 amide bonds. The normalized spacial score (nSPS) is 13.2. The van der Waals surface area contributed by atoms with Gasteiger partial charge in [-0.05, 0) is 41.7 Å². The van der Waals surface area contributed by atoms with Gasteiger partial charge < -0.3 is 10.7 Å². The fraction of sp³-hybridized carbons (Fsp3) is 0.278. The van der Waals surface area contributed by atoms with Crippen molar-refractivity contribution in [3.05, 3.63) is 42.5 Å². The van der Waals surface area contributed by atoms with E-state index >= 15 is 0 Å². The number of pyridine rings is 1. The maximum Gasteiger partial charge on any atom is 0.155 e. The zero-order valence-electron chi connectivity index (χ0n) is 13.7. The van der Waals surface area contributed by atoms with Crippen LogP contribution in [0.1, 0.15) is 32.1 Å². The van der Waals surface area contributed by atoms with Crippen molar-refractivity contribution in [2.75, 3.05) is 0 Å². The van der Waals surface area contributed by atoms with Crippen LogP contribution < -0.4 is 5.73 Å². The minimum absolute atomic E-state index is 0.0673. The minimum atomic E-state index is -0.0673. The molecule has 6 heteroatoms. The standard InChI is InChI=1S/C18H20N6/c1-10(2)7-14(19)18-22-15-4-3-11(8-16(15)23-18)12-5-6-20-17-13(12)9-21-24-17/h3-6,8-10,14H,7,19H2,1-2H3,(H,22,23)(H,20,21,24)/t14-/m1/s1. The Kier molecular flexibility index (Phi) is 3.54. The summed E-state index contributed by atoms with van der Waals surface area (Å²) >= 11 is 0. The Morgan fingerprint density at radius 3 is 2.92 bits per heavy atom. The lowest BCUT2D eigenvalue weighted by Gasteiger charge is -2.10. The van der Waals surface area contributed by atoms with Gasteiger partial charge in [0.15, 0.2) is 5.65 Å². The number of nitrogens with two attached hydrogens (primary N) is 1. The molecule has 0 unspecified atom stereocenters. The molecule has 24 heavy (non-hydrogen) atoms. The molecule has 0 saturated carbocycles. The Labute approximate surface area is 139 Å². The van der Waals surface area contributed by atoms with Crippen LogP contribution in [0.3, 0.4) is 0 Å². The topological polar surface area (TPSA) is 96.3 Å². The van der Waals surface area contributed by atoms with Gasteiger partial charge in [-0.15, -0.1) is 0 Å². The van der Waals surface area contributed by atoms with Gasteiger partial charge in [-0.1, -0.05) is 19.9 Å². The summed E-state index contributed by atoms with van der Waals surface area (Å²) < 4.78 is 0. The van der Waals surface area contributed by atoms with Crippen LogP contribution in [0.2, 0.25) is 0 Å². The van der Waals surface area contributed by atoms with Crippen molar-refractivity contribution in [2.24, 2.45) is 11.7 Å². The van der Waals surface area contributed by atoms with E-state index in [1.54, 1.807) is 12.4 Å². The molecule has 0 radical (unpaired) electrons. The monoisotopic (exact) mass is 320 g/mol. The summed E-state index contributed by atoms with van der Waals surface area (Å²) in [6.45, 7) is 4.33. The molecule has 0 fully saturated rings. The molecular formula is C18H20N6. The lowest BCUT2D eigenvalue weighted by atomic mass is 10.0. The Balaban J connectivity index is 1.77. The fourth-order valence-corrected chi connectivity index (χ4v) is 3.09. The second kappa shape index (κ2) is 5.72. The summed E-state index contributed by atoms with van der Waals surface area (Å²) in [5.41, 5.74) is 11.2. The van der Waals surface area contributed by atoms with E-state index < -0.39 is 0 Å². The van der Waals surface area contributed by atoms with E-state index in [9.17, 15) is 0 Å². The number of aromatic nitrogens is 5. The molecule has 3 heterocycles. The van der Waals surface area contributed by atoms with Crippen molar-refractivity contribution in [3.8, 4) is 11.1 Å². The van der Waals surface area contributed by atoms with Gasteiger partial charge in [0.25, 0.3) is 0 Å².